The zero-order valence-corrected chi connectivity index (χ0v) is 11.4. The van der Waals surface area contributed by atoms with E-state index in [1.807, 2.05) is 0 Å². The maximum Gasteiger partial charge on any atom is 0.402 e. The summed E-state index contributed by atoms with van der Waals surface area (Å²) < 4.78 is 60.5. The molecule has 0 amide bonds. The molecule has 0 saturated heterocycles. The summed E-state index contributed by atoms with van der Waals surface area (Å²) in [4.78, 5) is 0.647. The molecule has 0 fully saturated rings. The van der Waals surface area contributed by atoms with Gasteiger partial charge in [0.15, 0.2) is 0 Å². The van der Waals surface area contributed by atoms with Crippen LogP contribution in [0.3, 0.4) is 0 Å². The second kappa shape index (κ2) is 5.16. The first-order valence-electron chi connectivity index (χ1n) is 4.90. The molecule has 0 spiro atoms. The van der Waals surface area contributed by atoms with Crippen molar-refractivity contribution in [2.24, 2.45) is 5.73 Å². The van der Waals surface area contributed by atoms with E-state index in [2.05, 4.69) is 0 Å². The molecule has 1 aromatic rings. The smallest absolute Gasteiger partial charge is 0.326 e. The minimum atomic E-state index is -4.56. The van der Waals surface area contributed by atoms with Gasteiger partial charge in [0.05, 0.1) is 0 Å². The molecule has 0 aromatic carbocycles. The van der Waals surface area contributed by atoms with Crippen LogP contribution in [0.2, 0.25) is 0 Å². The minimum Gasteiger partial charge on any atom is -0.326 e. The molecule has 0 aliphatic carbocycles. The number of nitrogens with two attached hydrogens (primary N) is 1. The summed E-state index contributed by atoms with van der Waals surface area (Å²) in [5, 5.41) is 0. The van der Waals surface area contributed by atoms with Gasteiger partial charge in [-0.05, 0) is 18.6 Å². The number of thiophene rings is 1. The highest BCUT2D eigenvalue weighted by Crippen LogP contribution is 2.29. The summed E-state index contributed by atoms with van der Waals surface area (Å²) in [5.41, 5.74) is 6.08. The molecule has 9 heteroatoms. The van der Waals surface area contributed by atoms with Gasteiger partial charge in [-0.15, -0.1) is 11.3 Å². The molecular weight excluding hydrogens is 289 g/mol. The van der Waals surface area contributed by atoms with E-state index in [9.17, 15) is 21.6 Å². The van der Waals surface area contributed by atoms with Gasteiger partial charge < -0.3 is 5.73 Å². The molecule has 18 heavy (non-hydrogen) atoms. The fourth-order valence-corrected chi connectivity index (χ4v) is 4.15. The molecule has 2 N–H and O–H groups in total. The van der Waals surface area contributed by atoms with E-state index in [4.69, 9.17) is 5.73 Å². The topological polar surface area (TPSA) is 63.4 Å². The Morgan fingerprint density at radius 2 is 2.00 bits per heavy atom. The first kappa shape index (κ1) is 15.4. The number of hydrogen-bond acceptors (Lipinski definition) is 4. The lowest BCUT2D eigenvalue weighted by Crippen LogP contribution is -2.35. The van der Waals surface area contributed by atoms with Gasteiger partial charge in [0.25, 0.3) is 10.0 Å². The third-order valence-corrected chi connectivity index (χ3v) is 5.76. The molecule has 0 bridgehead atoms. The largest absolute Gasteiger partial charge is 0.402 e. The van der Waals surface area contributed by atoms with Gasteiger partial charge in [-0.25, -0.2) is 8.42 Å². The average molecular weight is 302 g/mol. The number of halogens is 3. The fraction of sp³-hybridized carbons (Fsp3) is 0.556. The van der Waals surface area contributed by atoms with Gasteiger partial charge in [-0.2, -0.15) is 17.5 Å². The Hall–Kier alpha value is -0.640. The number of rotatable bonds is 4. The van der Waals surface area contributed by atoms with Crippen LogP contribution < -0.4 is 5.73 Å². The second-order valence-corrected chi connectivity index (χ2v) is 7.16. The summed E-state index contributed by atoms with van der Waals surface area (Å²) in [6.45, 7) is 0.320. The van der Waals surface area contributed by atoms with E-state index in [0.717, 1.165) is 18.4 Å². The molecule has 0 radical (unpaired) electrons. The summed E-state index contributed by atoms with van der Waals surface area (Å²) in [5.74, 6) is 0. The molecule has 0 unspecified atom stereocenters. The van der Waals surface area contributed by atoms with Crippen molar-refractivity contribution in [3.05, 3.63) is 16.5 Å². The Bertz CT molecular complexity index is 522. The van der Waals surface area contributed by atoms with Crippen LogP contribution in [0, 0.1) is 6.92 Å². The predicted octanol–water partition coefficient (Wildman–Crippen LogP) is 1.70. The zero-order chi connectivity index (χ0) is 14.1. The monoisotopic (exact) mass is 302 g/mol. The third kappa shape index (κ3) is 3.44. The molecule has 1 rings (SSSR count). The van der Waals surface area contributed by atoms with Crippen molar-refractivity contribution < 1.29 is 21.6 Å². The van der Waals surface area contributed by atoms with Crippen LogP contribution in [0.5, 0.6) is 0 Å². The Balaban J connectivity index is 3.05. The van der Waals surface area contributed by atoms with Crippen molar-refractivity contribution in [3.8, 4) is 0 Å². The number of aryl methyl sites for hydroxylation is 1. The van der Waals surface area contributed by atoms with E-state index in [1.54, 1.807) is 6.92 Å². The normalized spacial score (nSPS) is 13.3. The number of hydrogen-bond donors (Lipinski definition) is 1. The van der Waals surface area contributed by atoms with Crippen molar-refractivity contribution in [2.45, 2.75) is 23.9 Å². The molecule has 0 aliphatic rings. The van der Waals surface area contributed by atoms with Crippen molar-refractivity contribution in [1.29, 1.82) is 0 Å². The Kier molecular flexibility index (Phi) is 4.42. The lowest BCUT2D eigenvalue weighted by atomic mass is 10.3. The molecule has 104 valence electrons. The molecule has 1 aromatic heterocycles. The first-order chi connectivity index (χ1) is 8.08. The van der Waals surface area contributed by atoms with Crippen molar-refractivity contribution in [1.82, 2.24) is 4.31 Å². The molecule has 1 heterocycles. The Labute approximate surface area is 107 Å². The maximum atomic E-state index is 12.2. The standard InChI is InChI=1S/C9H13F3N2O2S2/c1-6-3-8(17-7(6)4-13)18(15,16)14(2)5-9(10,11)12/h3H,4-5,13H2,1-2H3. The van der Waals surface area contributed by atoms with E-state index in [0.29, 0.717) is 14.7 Å². The van der Waals surface area contributed by atoms with Gasteiger partial charge in [-0.3, -0.25) is 0 Å². The molecule has 0 saturated carbocycles. The fourth-order valence-electron chi connectivity index (χ4n) is 1.31. The summed E-state index contributed by atoms with van der Waals surface area (Å²) in [6, 6.07) is 1.34. The van der Waals surface area contributed by atoms with Crippen molar-refractivity contribution >= 4 is 21.4 Å². The van der Waals surface area contributed by atoms with Crippen LogP contribution in [0.15, 0.2) is 10.3 Å². The number of sulfonamides is 1. The minimum absolute atomic E-state index is 0.118. The van der Waals surface area contributed by atoms with Gasteiger partial charge in [0.1, 0.15) is 10.8 Å². The molecule has 4 nitrogen and oxygen atoms in total. The SMILES string of the molecule is Cc1cc(S(=O)(=O)N(C)CC(F)(F)F)sc1CN. The van der Waals surface area contributed by atoms with Crippen molar-refractivity contribution in [2.75, 3.05) is 13.6 Å². The lowest BCUT2D eigenvalue weighted by molar-refractivity contribution is -0.134. The van der Waals surface area contributed by atoms with E-state index < -0.39 is 22.7 Å². The predicted molar refractivity (Wildman–Crippen MR) is 62.8 cm³/mol. The third-order valence-electron chi connectivity index (χ3n) is 2.25. The number of alkyl halides is 3. The summed E-state index contributed by atoms with van der Waals surface area (Å²) >= 11 is 0.899. The van der Waals surface area contributed by atoms with Gasteiger partial charge in [0.2, 0.25) is 0 Å². The lowest BCUT2D eigenvalue weighted by Gasteiger charge is -2.17. The Morgan fingerprint density at radius 3 is 2.39 bits per heavy atom. The Morgan fingerprint density at radius 1 is 1.44 bits per heavy atom. The van der Waals surface area contributed by atoms with Gasteiger partial charge in [0, 0.05) is 18.5 Å². The first-order valence-corrected chi connectivity index (χ1v) is 7.16. The van der Waals surface area contributed by atoms with Crippen LogP contribution in [0.4, 0.5) is 13.2 Å². The summed E-state index contributed by atoms with van der Waals surface area (Å²) in [6.07, 6.45) is -4.56. The molecular formula is C9H13F3N2O2S2. The van der Waals surface area contributed by atoms with Gasteiger partial charge in [-0.1, -0.05) is 0 Å². The van der Waals surface area contributed by atoms with Crippen LogP contribution in [0.25, 0.3) is 0 Å². The number of nitrogens with zero attached hydrogens (tertiary/aromatic N) is 1. The van der Waals surface area contributed by atoms with E-state index in [1.165, 1.54) is 6.07 Å². The molecule has 0 atom stereocenters. The highest BCUT2D eigenvalue weighted by Gasteiger charge is 2.35. The van der Waals surface area contributed by atoms with E-state index >= 15 is 0 Å². The highest BCUT2D eigenvalue weighted by molar-refractivity contribution is 7.91. The highest BCUT2D eigenvalue weighted by atomic mass is 32.2. The summed E-state index contributed by atoms with van der Waals surface area (Å²) in [7, 11) is -3.20. The van der Waals surface area contributed by atoms with Crippen molar-refractivity contribution in [3.63, 3.8) is 0 Å². The van der Waals surface area contributed by atoms with Crippen LogP contribution in [-0.4, -0.2) is 32.5 Å². The second-order valence-electron chi connectivity index (χ2n) is 3.75. The van der Waals surface area contributed by atoms with Crippen LogP contribution >= 0.6 is 11.3 Å². The van der Waals surface area contributed by atoms with Crippen LogP contribution in [-0.2, 0) is 16.6 Å². The quantitative estimate of drug-likeness (QED) is 0.920. The van der Waals surface area contributed by atoms with Gasteiger partial charge >= 0.3 is 6.18 Å². The molecule has 0 aliphatic heterocycles. The van der Waals surface area contributed by atoms with Crippen LogP contribution in [0.1, 0.15) is 10.4 Å². The zero-order valence-electron chi connectivity index (χ0n) is 9.78. The average Bonchev–Trinajstić information content (AvgIpc) is 2.57. The van der Waals surface area contributed by atoms with E-state index in [-0.39, 0.29) is 10.8 Å². The maximum absolute atomic E-state index is 12.2.